The number of ether oxygens (including phenoxy) is 2. The molecule has 0 aliphatic carbocycles. The van der Waals surface area contributed by atoms with Gasteiger partial charge in [-0.1, -0.05) is 31.1 Å². The van der Waals surface area contributed by atoms with E-state index in [0.29, 0.717) is 35.7 Å². The number of para-hydroxylation sites is 1. The van der Waals surface area contributed by atoms with Crippen molar-refractivity contribution in [2.45, 2.75) is 91.3 Å². The molecule has 1 atom stereocenters. The largest absolute Gasteiger partial charge is 0.493 e. The van der Waals surface area contributed by atoms with Crippen LogP contribution >= 0.6 is 0 Å². The minimum atomic E-state index is -1.03. The fraction of sp³-hybridized carbons (Fsp3) is 0.571. The van der Waals surface area contributed by atoms with Crippen LogP contribution in [0, 0.1) is 6.92 Å². The van der Waals surface area contributed by atoms with E-state index < -0.39 is 17.1 Å². The maximum Gasteiger partial charge on any atom is 0.248 e. The van der Waals surface area contributed by atoms with E-state index in [1.165, 1.54) is 14.2 Å². The van der Waals surface area contributed by atoms with Gasteiger partial charge in [-0.05, 0) is 53.5 Å². The third-order valence-electron chi connectivity index (χ3n) is 6.83. The summed E-state index contributed by atoms with van der Waals surface area (Å²) in [6.45, 7) is 13.3. The van der Waals surface area contributed by atoms with Gasteiger partial charge < -0.3 is 29.5 Å². The van der Waals surface area contributed by atoms with Crippen LogP contribution in [0.5, 0.6) is 11.5 Å². The highest BCUT2D eigenvalue weighted by molar-refractivity contribution is 5.94. The van der Waals surface area contributed by atoms with Gasteiger partial charge in [-0.3, -0.25) is 14.4 Å². The lowest BCUT2D eigenvalue weighted by molar-refractivity contribution is -0.148. The molecule has 210 valence electrons. The highest BCUT2D eigenvalue weighted by atomic mass is 16.5. The van der Waals surface area contributed by atoms with Crippen molar-refractivity contribution in [2.75, 3.05) is 19.5 Å². The van der Waals surface area contributed by atoms with Gasteiger partial charge in [-0.25, -0.2) is 0 Å². The number of hydrogen-bond donors (Lipinski definition) is 2. The maximum absolute atomic E-state index is 14.0. The number of nitrogens with one attached hydrogen (secondary N) is 2. The number of amides is 3. The fourth-order valence-corrected chi connectivity index (χ4v) is 3.99. The Kier molecular flexibility index (Phi) is 10.3. The average molecular weight is 531 g/mol. The monoisotopic (exact) mass is 530 g/mol. The van der Waals surface area contributed by atoms with Crippen LogP contribution in [-0.2, 0) is 14.4 Å². The van der Waals surface area contributed by atoms with Gasteiger partial charge in [0.05, 0.1) is 14.2 Å². The molecule has 38 heavy (non-hydrogen) atoms. The average Bonchev–Trinajstić information content (AvgIpc) is 3.28. The predicted octanol–water partition coefficient (Wildman–Crippen LogP) is 4.78. The summed E-state index contributed by atoms with van der Waals surface area (Å²) in [5.41, 5.74) is -0.751. The van der Waals surface area contributed by atoms with Gasteiger partial charge in [0.1, 0.15) is 11.8 Å². The molecule has 3 amide bonds. The van der Waals surface area contributed by atoms with Gasteiger partial charge >= 0.3 is 0 Å². The van der Waals surface area contributed by atoms with Crippen LogP contribution in [0.25, 0.3) is 0 Å². The Morgan fingerprint density at radius 1 is 1.05 bits per heavy atom. The van der Waals surface area contributed by atoms with Gasteiger partial charge in [-0.2, -0.15) is 0 Å². The normalized spacial score (nSPS) is 12.4. The molecule has 2 aromatic rings. The van der Waals surface area contributed by atoms with E-state index in [-0.39, 0.29) is 36.4 Å². The second kappa shape index (κ2) is 12.8. The highest BCUT2D eigenvalue weighted by Gasteiger charge is 2.42. The molecule has 0 unspecified atom stereocenters. The molecular weight excluding hydrogens is 488 g/mol. The third kappa shape index (κ3) is 7.49. The minimum absolute atomic E-state index is 0.0922. The van der Waals surface area contributed by atoms with E-state index in [9.17, 15) is 14.4 Å². The minimum Gasteiger partial charge on any atom is -0.493 e. The first-order chi connectivity index (χ1) is 17.8. The molecule has 0 bridgehead atoms. The predicted molar refractivity (Wildman–Crippen MR) is 145 cm³/mol. The van der Waals surface area contributed by atoms with Gasteiger partial charge in [0.25, 0.3) is 0 Å². The van der Waals surface area contributed by atoms with Gasteiger partial charge in [0.15, 0.2) is 17.3 Å². The van der Waals surface area contributed by atoms with Crippen LogP contribution in [-0.4, -0.2) is 53.1 Å². The van der Waals surface area contributed by atoms with Crippen LogP contribution in [0.15, 0.2) is 28.8 Å². The third-order valence-corrected chi connectivity index (χ3v) is 6.83. The van der Waals surface area contributed by atoms with E-state index >= 15 is 0 Å². The summed E-state index contributed by atoms with van der Waals surface area (Å²) in [7, 11) is 3.02. The number of methoxy groups -OCH3 is 2. The Labute approximate surface area is 225 Å². The number of rotatable bonds is 13. The Balaban J connectivity index is 2.52. The first kappa shape index (κ1) is 30.7. The Bertz CT molecular complexity index is 1120. The smallest absolute Gasteiger partial charge is 0.248 e. The van der Waals surface area contributed by atoms with Crippen molar-refractivity contribution >= 4 is 23.5 Å². The van der Waals surface area contributed by atoms with Crippen LogP contribution in [0.1, 0.15) is 84.6 Å². The van der Waals surface area contributed by atoms with Crippen LogP contribution in [0.3, 0.4) is 0 Å². The number of aryl methyl sites for hydroxylation is 1. The van der Waals surface area contributed by atoms with E-state index in [2.05, 4.69) is 15.8 Å². The number of carbonyl (C=O) groups excluding carboxylic acids is 3. The number of nitrogens with zero attached hydrogens (tertiary/aromatic N) is 2. The van der Waals surface area contributed by atoms with E-state index in [4.69, 9.17) is 14.0 Å². The molecule has 0 aliphatic rings. The molecule has 2 N–H and O–H groups in total. The van der Waals surface area contributed by atoms with Crippen molar-refractivity contribution < 1.29 is 28.4 Å². The molecule has 1 aromatic carbocycles. The molecule has 0 saturated heterocycles. The van der Waals surface area contributed by atoms with Gasteiger partial charge in [-0.15, -0.1) is 0 Å². The second-order valence-corrected chi connectivity index (χ2v) is 10.5. The summed E-state index contributed by atoms with van der Waals surface area (Å²) in [6.07, 6.45) is 1.05. The van der Waals surface area contributed by atoms with Crippen molar-refractivity contribution in [3.63, 3.8) is 0 Å². The highest BCUT2D eigenvalue weighted by Crippen LogP contribution is 2.41. The van der Waals surface area contributed by atoms with Crippen molar-refractivity contribution in [1.29, 1.82) is 0 Å². The van der Waals surface area contributed by atoms with Crippen molar-refractivity contribution in [1.82, 2.24) is 15.4 Å². The lowest BCUT2D eigenvalue weighted by Crippen LogP contribution is -2.56. The maximum atomic E-state index is 14.0. The molecular formula is C28H42N4O6. The standard InChI is InChI=1S/C28H42N4O6/c1-10-27(4,5)30-26(35)24(19-13-12-14-20(36-8)25(19)37-9)32(28(6,7)11-2)23(34)16-15-22(33)29-21-17-18(3)38-31-21/h12-14,17,24H,10-11,15-16H2,1-9H3,(H,30,35)(H,29,31,33)/t24-/m0/s1. The molecule has 1 heterocycles. The molecule has 0 aliphatic heterocycles. The van der Waals surface area contributed by atoms with Crippen LogP contribution < -0.4 is 20.1 Å². The number of carbonyl (C=O) groups is 3. The van der Waals surface area contributed by atoms with Crippen molar-refractivity contribution in [2.24, 2.45) is 0 Å². The Morgan fingerprint density at radius 3 is 2.26 bits per heavy atom. The van der Waals surface area contributed by atoms with E-state index in [0.717, 1.165) is 0 Å². The van der Waals surface area contributed by atoms with Gasteiger partial charge in [0, 0.05) is 35.5 Å². The van der Waals surface area contributed by atoms with Crippen molar-refractivity contribution in [3.05, 3.63) is 35.6 Å². The van der Waals surface area contributed by atoms with Crippen LogP contribution in [0.2, 0.25) is 0 Å². The van der Waals surface area contributed by atoms with E-state index in [1.54, 1.807) is 36.1 Å². The molecule has 10 heteroatoms. The molecule has 10 nitrogen and oxygen atoms in total. The molecule has 0 radical (unpaired) electrons. The Hall–Kier alpha value is -3.56. The van der Waals surface area contributed by atoms with Gasteiger partial charge in [0.2, 0.25) is 17.7 Å². The summed E-state index contributed by atoms with van der Waals surface area (Å²) in [6, 6.07) is 5.82. The molecule has 0 fully saturated rings. The molecule has 0 spiro atoms. The quantitative estimate of drug-likeness (QED) is 0.382. The molecule has 1 aromatic heterocycles. The SMILES string of the molecule is CCC(C)(C)NC(=O)[C@H](c1cccc(OC)c1OC)N(C(=O)CCC(=O)Nc1cc(C)on1)C(C)(C)CC. The number of anilines is 1. The lowest BCUT2D eigenvalue weighted by Gasteiger charge is -2.44. The summed E-state index contributed by atoms with van der Waals surface area (Å²) < 4.78 is 16.1. The summed E-state index contributed by atoms with van der Waals surface area (Å²) >= 11 is 0. The topological polar surface area (TPSA) is 123 Å². The van der Waals surface area contributed by atoms with Crippen molar-refractivity contribution in [3.8, 4) is 11.5 Å². The molecule has 0 saturated carbocycles. The zero-order chi connectivity index (χ0) is 28.7. The number of hydrogen-bond acceptors (Lipinski definition) is 7. The zero-order valence-corrected chi connectivity index (χ0v) is 24.1. The van der Waals surface area contributed by atoms with E-state index in [1.807, 2.05) is 41.5 Å². The summed E-state index contributed by atoms with van der Waals surface area (Å²) in [5.74, 6) is 0.584. The molecule has 2 rings (SSSR count). The fourth-order valence-electron chi connectivity index (χ4n) is 3.99. The summed E-state index contributed by atoms with van der Waals surface area (Å²) in [5, 5.41) is 9.49. The number of aromatic nitrogens is 1. The Morgan fingerprint density at radius 2 is 1.74 bits per heavy atom. The zero-order valence-electron chi connectivity index (χ0n) is 24.1. The summed E-state index contributed by atoms with van der Waals surface area (Å²) in [4.78, 5) is 42.0. The first-order valence-electron chi connectivity index (χ1n) is 12.9. The first-order valence-corrected chi connectivity index (χ1v) is 12.9. The lowest BCUT2D eigenvalue weighted by atomic mass is 9.91. The second-order valence-electron chi connectivity index (χ2n) is 10.5. The number of benzene rings is 1. The van der Waals surface area contributed by atoms with Crippen LogP contribution in [0.4, 0.5) is 5.82 Å².